The molecule has 2 atom stereocenters. The van der Waals surface area contributed by atoms with Crippen LogP contribution in [0, 0.1) is 0 Å². The van der Waals surface area contributed by atoms with Crippen molar-refractivity contribution < 1.29 is 14.4 Å². The van der Waals surface area contributed by atoms with Crippen LogP contribution in [0.25, 0.3) is 21.5 Å². The molecule has 23 heavy (non-hydrogen) atoms. The number of ether oxygens (including phenoxy) is 1. The quantitative estimate of drug-likeness (QED) is 0.771. The lowest BCUT2D eigenvalue weighted by atomic mass is 10.2. The molecule has 1 aliphatic rings. The van der Waals surface area contributed by atoms with E-state index in [2.05, 4.69) is 15.1 Å². The smallest absolute Gasteiger partial charge is 0.269 e. The zero-order chi connectivity index (χ0) is 15.8. The highest BCUT2D eigenvalue weighted by Crippen LogP contribution is 2.36. The maximum Gasteiger partial charge on any atom is 0.269 e. The number of hydrogen-bond donors (Lipinski definition) is 1. The van der Waals surface area contributed by atoms with Gasteiger partial charge in [-0.1, -0.05) is 5.16 Å². The summed E-state index contributed by atoms with van der Waals surface area (Å²) in [4.78, 5) is 11.5. The Bertz CT molecular complexity index is 802. The molecule has 1 aliphatic heterocycles. The van der Waals surface area contributed by atoms with Crippen molar-refractivity contribution in [2.24, 2.45) is 0 Å². The van der Waals surface area contributed by atoms with Crippen molar-refractivity contribution in [3.63, 3.8) is 0 Å². The molecule has 120 valence electrons. The highest BCUT2D eigenvalue weighted by molar-refractivity contribution is 7.15. The highest BCUT2D eigenvalue weighted by Gasteiger charge is 2.23. The Balaban J connectivity index is 1.57. The summed E-state index contributed by atoms with van der Waals surface area (Å²) in [5.74, 6) is 0.998. The molecule has 6 nitrogen and oxygen atoms in total. The largest absolute Gasteiger partial charge is 0.388 e. The first kappa shape index (κ1) is 14.9. The summed E-state index contributed by atoms with van der Waals surface area (Å²) < 4.78 is 11.0. The van der Waals surface area contributed by atoms with E-state index in [1.165, 1.54) is 22.7 Å². The van der Waals surface area contributed by atoms with Gasteiger partial charge in [0.1, 0.15) is 16.0 Å². The Kier molecular flexibility index (Phi) is 3.98. The summed E-state index contributed by atoms with van der Waals surface area (Å²) in [5.41, 5.74) is 0. The lowest BCUT2D eigenvalue weighted by Crippen LogP contribution is -1.93. The summed E-state index contributed by atoms with van der Waals surface area (Å²) >= 11 is 2.99. The van der Waals surface area contributed by atoms with Crippen LogP contribution in [-0.2, 0) is 4.74 Å². The molecule has 0 amide bonds. The van der Waals surface area contributed by atoms with Crippen molar-refractivity contribution in [3.8, 4) is 21.5 Å². The van der Waals surface area contributed by atoms with Crippen molar-refractivity contribution in [1.29, 1.82) is 0 Å². The molecule has 3 aromatic heterocycles. The molecule has 1 saturated heterocycles. The SMILES string of the molecule is CC(O)c1ccc(-c2noc(-c3cnc(C4CCCO4)s3)n2)s1. The van der Waals surface area contributed by atoms with E-state index in [4.69, 9.17) is 9.26 Å². The minimum atomic E-state index is -0.490. The lowest BCUT2D eigenvalue weighted by Gasteiger charge is -2.02. The zero-order valence-electron chi connectivity index (χ0n) is 12.4. The van der Waals surface area contributed by atoms with E-state index in [1.54, 1.807) is 13.1 Å². The number of aromatic nitrogens is 3. The number of aliphatic hydroxyl groups is 1. The Morgan fingerprint density at radius 2 is 2.22 bits per heavy atom. The van der Waals surface area contributed by atoms with E-state index in [1.807, 2.05) is 12.1 Å². The van der Waals surface area contributed by atoms with Crippen LogP contribution in [0.3, 0.4) is 0 Å². The third-order valence-electron chi connectivity index (χ3n) is 3.62. The zero-order valence-corrected chi connectivity index (χ0v) is 14.1. The van der Waals surface area contributed by atoms with Gasteiger partial charge in [-0.15, -0.1) is 22.7 Å². The second kappa shape index (κ2) is 6.12. The van der Waals surface area contributed by atoms with Crippen molar-refractivity contribution in [1.82, 2.24) is 15.1 Å². The van der Waals surface area contributed by atoms with Gasteiger partial charge >= 0.3 is 0 Å². The Hall–Kier alpha value is -1.61. The fraction of sp³-hybridized carbons (Fsp3) is 0.400. The van der Waals surface area contributed by atoms with E-state index >= 15 is 0 Å². The maximum absolute atomic E-state index is 9.60. The Labute approximate surface area is 140 Å². The molecular weight excluding hydrogens is 334 g/mol. The van der Waals surface area contributed by atoms with Crippen LogP contribution in [0.5, 0.6) is 0 Å². The molecule has 0 bridgehead atoms. The molecule has 4 heterocycles. The fourth-order valence-electron chi connectivity index (χ4n) is 2.43. The maximum atomic E-state index is 9.60. The van der Waals surface area contributed by atoms with E-state index in [0.29, 0.717) is 11.7 Å². The average Bonchev–Trinajstić information content (AvgIpc) is 3.32. The van der Waals surface area contributed by atoms with Crippen molar-refractivity contribution in [2.45, 2.75) is 32.0 Å². The van der Waals surface area contributed by atoms with Gasteiger partial charge < -0.3 is 14.4 Å². The van der Waals surface area contributed by atoms with Crippen LogP contribution in [0.4, 0.5) is 0 Å². The first-order chi connectivity index (χ1) is 11.2. The van der Waals surface area contributed by atoms with Crippen LogP contribution < -0.4 is 0 Å². The molecule has 3 aromatic rings. The normalized spacial score (nSPS) is 19.3. The van der Waals surface area contributed by atoms with Crippen LogP contribution in [0.15, 0.2) is 22.9 Å². The van der Waals surface area contributed by atoms with Gasteiger partial charge in [-0.25, -0.2) is 4.98 Å². The summed E-state index contributed by atoms with van der Waals surface area (Å²) in [7, 11) is 0. The average molecular weight is 349 g/mol. The van der Waals surface area contributed by atoms with E-state index in [0.717, 1.165) is 39.1 Å². The minimum Gasteiger partial charge on any atom is -0.388 e. The molecule has 0 aromatic carbocycles. The number of nitrogens with zero attached hydrogens (tertiary/aromatic N) is 3. The number of hydrogen-bond acceptors (Lipinski definition) is 8. The molecule has 1 N–H and O–H groups in total. The van der Waals surface area contributed by atoms with Crippen LogP contribution in [-0.4, -0.2) is 26.8 Å². The fourth-order valence-corrected chi connectivity index (χ4v) is 4.22. The van der Waals surface area contributed by atoms with Crippen LogP contribution in [0.1, 0.15) is 41.9 Å². The molecule has 4 rings (SSSR count). The molecular formula is C15H15N3O3S2. The molecule has 0 saturated carbocycles. The van der Waals surface area contributed by atoms with Gasteiger partial charge in [-0.2, -0.15) is 4.98 Å². The lowest BCUT2D eigenvalue weighted by molar-refractivity contribution is 0.111. The molecule has 1 fully saturated rings. The topological polar surface area (TPSA) is 81.3 Å². The third kappa shape index (κ3) is 2.94. The van der Waals surface area contributed by atoms with E-state index < -0.39 is 6.10 Å². The predicted octanol–water partition coefficient (Wildman–Crippen LogP) is 3.83. The molecule has 0 aliphatic carbocycles. The summed E-state index contributed by atoms with van der Waals surface area (Å²) in [6.07, 6.45) is 3.46. The van der Waals surface area contributed by atoms with Crippen molar-refractivity contribution >= 4 is 22.7 Å². The summed E-state index contributed by atoms with van der Waals surface area (Å²) in [5, 5.41) is 14.6. The van der Waals surface area contributed by atoms with Gasteiger partial charge in [0, 0.05) is 11.5 Å². The minimum absolute atomic E-state index is 0.0991. The van der Waals surface area contributed by atoms with E-state index in [-0.39, 0.29) is 6.10 Å². The first-order valence-corrected chi connectivity index (χ1v) is 9.03. The van der Waals surface area contributed by atoms with Crippen molar-refractivity contribution in [2.75, 3.05) is 6.61 Å². The monoisotopic (exact) mass is 349 g/mol. The van der Waals surface area contributed by atoms with Gasteiger partial charge in [-0.05, 0) is 31.9 Å². The predicted molar refractivity (Wildman–Crippen MR) is 87.3 cm³/mol. The molecule has 0 radical (unpaired) electrons. The Morgan fingerprint density at radius 3 is 2.96 bits per heavy atom. The number of rotatable bonds is 4. The molecule has 2 unspecified atom stereocenters. The van der Waals surface area contributed by atoms with Crippen LogP contribution in [0.2, 0.25) is 0 Å². The van der Waals surface area contributed by atoms with Crippen LogP contribution >= 0.6 is 22.7 Å². The summed E-state index contributed by atoms with van der Waals surface area (Å²) in [6.45, 7) is 2.54. The van der Waals surface area contributed by atoms with Crippen molar-refractivity contribution in [3.05, 3.63) is 28.2 Å². The first-order valence-electron chi connectivity index (χ1n) is 7.40. The third-order valence-corrected chi connectivity index (χ3v) is 5.95. The van der Waals surface area contributed by atoms with Gasteiger partial charge in [0.2, 0.25) is 5.82 Å². The Morgan fingerprint density at radius 1 is 1.30 bits per heavy atom. The highest BCUT2D eigenvalue weighted by atomic mass is 32.1. The number of aliphatic hydroxyl groups excluding tert-OH is 1. The second-order valence-corrected chi connectivity index (χ2v) is 7.54. The number of thiazole rings is 1. The summed E-state index contributed by atoms with van der Waals surface area (Å²) in [6, 6.07) is 3.77. The van der Waals surface area contributed by atoms with Gasteiger partial charge in [0.15, 0.2) is 0 Å². The second-order valence-electron chi connectivity index (χ2n) is 5.37. The molecule has 0 spiro atoms. The van der Waals surface area contributed by atoms with E-state index in [9.17, 15) is 5.11 Å². The number of thiophene rings is 1. The molecule has 8 heteroatoms. The van der Waals surface area contributed by atoms with Gasteiger partial charge in [0.25, 0.3) is 5.89 Å². The van der Waals surface area contributed by atoms with Gasteiger partial charge in [-0.3, -0.25) is 0 Å². The standard InChI is InChI=1S/C15H15N3O3S2/c1-8(19)10-4-5-11(22-10)13-17-14(21-18-13)12-7-16-15(23-12)9-3-2-6-20-9/h4-5,7-9,19H,2-3,6H2,1H3. The van der Waals surface area contributed by atoms with Gasteiger partial charge in [0.05, 0.1) is 17.2 Å².